The lowest BCUT2D eigenvalue weighted by atomic mass is 9.51. The van der Waals surface area contributed by atoms with Crippen molar-refractivity contribution in [3.8, 4) is 0 Å². The van der Waals surface area contributed by atoms with Gasteiger partial charge < -0.3 is 4.79 Å². The molecule has 0 radical (unpaired) electrons. The summed E-state index contributed by atoms with van der Waals surface area (Å²) in [4.78, 5) is 53.1. The number of hydrogen-bond donors (Lipinski definition) is 0. The lowest BCUT2D eigenvalue weighted by molar-refractivity contribution is -0.163. The maximum atomic E-state index is 13.9. The van der Waals surface area contributed by atoms with Crippen LogP contribution in [0.5, 0.6) is 0 Å². The smallest absolute Gasteiger partial charge is 0.159 e. The monoisotopic (exact) mass is 374 g/mol. The second-order valence-corrected chi connectivity index (χ2v) is 10.3. The van der Waals surface area contributed by atoms with Gasteiger partial charge in [-0.1, -0.05) is 59.3 Å². The number of hydrogen-bond acceptors (Lipinski definition) is 4. The number of Topliss-reactive ketones (excluding diaryl/α,β-unsaturated/α-hetero) is 3. The van der Waals surface area contributed by atoms with Crippen molar-refractivity contribution in [1.82, 2.24) is 0 Å². The fourth-order valence-electron chi connectivity index (χ4n) is 5.86. The Kier molecular flexibility index (Phi) is 5.24. The lowest BCUT2D eigenvalue weighted by Crippen LogP contribution is -2.59. The molecule has 3 rings (SSSR count). The Balaban J connectivity index is 2.01. The minimum Gasteiger partial charge on any atom is -0.302 e. The summed E-state index contributed by atoms with van der Waals surface area (Å²) >= 11 is 0. The minimum atomic E-state index is -1.11. The first-order valence-corrected chi connectivity index (χ1v) is 10.8. The van der Waals surface area contributed by atoms with Crippen LogP contribution in [0.25, 0.3) is 0 Å². The van der Waals surface area contributed by atoms with E-state index in [1.807, 2.05) is 20.8 Å². The van der Waals surface area contributed by atoms with E-state index in [4.69, 9.17) is 0 Å². The Morgan fingerprint density at radius 2 is 1.15 bits per heavy atom. The maximum Gasteiger partial charge on any atom is 0.159 e. The first-order chi connectivity index (χ1) is 12.6. The SMILES string of the molecule is CC(C)(C)C(=O)C1(C(=O)C2(C(=O)C3(C=O)CCCCC3)CCCC2)CCC1. The van der Waals surface area contributed by atoms with Gasteiger partial charge in [0.15, 0.2) is 17.3 Å². The molecule has 4 heteroatoms. The molecule has 0 saturated heterocycles. The van der Waals surface area contributed by atoms with Gasteiger partial charge in [-0.05, 0) is 38.5 Å². The van der Waals surface area contributed by atoms with Crippen molar-refractivity contribution in [1.29, 1.82) is 0 Å². The summed E-state index contributed by atoms with van der Waals surface area (Å²) in [5.41, 5.74) is -3.73. The molecule has 3 saturated carbocycles. The van der Waals surface area contributed by atoms with Crippen molar-refractivity contribution in [3.63, 3.8) is 0 Å². The summed E-state index contributed by atoms with van der Waals surface area (Å²) in [6.45, 7) is 5.58. The molecule has 3 aliphatic carbocycles. The zero-order chi connectivity index (χ0) is 19.9. The highest BCUT2D eigenvalue weighted by Crippen LogP contribution is 2.56. The van der Waals surface area contributed by atoms with Gasteiger partial charge in [0.1, 0.15) is 6.29 Å². The molecule has 0 spiro atoms. The van der Waals surface area contributed by atoms with Crippen LogP contribution >= 0.6 is 0 Å². The summed E-state index contributed by atoms with van der Waals surface area (Å²) in [7, 11) is 0. The van der Waals surface area contributed by atoms with Gasteiger partial charge in [-0.25, -0.2) is 0 Å². The van der Waals surface area contributed by atoms with Crippen LogP contribution in [0.4, 0.5) is 0 Å². The molecule has 27 heavy (non-hydrogen) atoms. The Hall–Kier alpha value is -1.32. The average Bonchev–Trinajstić information content (AvgIpc) is 3.10. The van der Waals surface area contributed by atoms with Crippen molar-refractivity contribution in [2.24, 2.45) is 21.7 Å². The molecule has 0 aliphatic heterocycles. The fraction of sp³-hybridized carbons (Fsp3) is 0.826. The molecule has 0 bridgehead atoms. The van der Waals surface area contributed by atoms with E-state index in [0.29, 0.717) is 38.5 Å². The van der Waals surface area contributed by atoms with Crippen molar-refractivity contribution in [2.45, 2.75) is 97.8 Å². The van der Waals surface area contributed by atoms with Crippen LogP contribution in [-0.2, 0) is 19.2 Å². The summed E-state index contributed by atoms with van der Waals surface area (Å²) in [5, 5.41) is 0. The van der Waals surface area contributed by atoms with E-state index >= 15 is 0 Å². The standard InChI is InChI=1S/C23H34O4/c1-20(2,3)17(25)22(14-9-15-22)19(27)23(12-7-8-13-23)18(26)21(16-24)10-5-4-6-11-21/h16H,4-15H2,1-3H3. The lowest BCUT2D eigenvalue weighted by Gasteiger charge is -2.48. The van der Waals surface area contributed by atoms with Crippen molar-refractivity contribution in [2.75, 3.05) is 0 Å². The molecule has 0 aromatic carbocycles. The highest BCUT2D eigenvalue weighted by molar-refractivity contribution is 6.22. The fourth-order valence-corrected chi connectivity index (χ4v) is 5.86. The predicted octanol–water partition coefficient (Wildman–Crippen LogP) is 4.62. The summed E-state index contributed by atoms with van der Waals surface area (Å²) in [5.74, 6) is -0.315. The molecule has 0 heterocycles. The van der Waals surface area contributed by atoms with Crippen LogP contribution < -0.4 is 0 Å². The predicted molar refractivity (Wildman–Crippen MR) is 103 cm³/mol. The molecule has 0 atom stereocenters. The number of rotatable bonds is 6. The number of ketones is 3. The Morgan fingerprint density at radius 1 is 0.667 bits per heavy atom. The second-order valence-electron chi connectivity index (χ2n) is 10.3. The van der Waals surface area contributed by atoms with Gasteiger partial charge >= 0.3 is 0 Å². The van der Waals surface area contributed by atoms with Crippen LogP contribution in [-0.4, -0.2) is 23.6 Å². The zero-order valence-corrected chi connectivity index (χ0v) is 17.2. The normalized spacial score (nSPS) is 26.0. The number of aldehydes is 1. The Labute approximate surface area is 162 Å². The van der Waals surface area contributed by atoms with Crippen LogP contribution in [0, 0.1) is 21.7 Å². The van der Waals surface area contributed by atoms with Gasteiger partial charge in [0.05, 0.1) is 16.2 Å². The van der Waals surface area contributed by atoms with Crippen molar-refractivity contribution in [3.05, 3.63) is 0 Å². The van der Waals surface area contributed by atoms with Crippen molar-refractivity contribution >= 4 is 23.6 Å². The van der Waals surface area contributed by atoms with Gasteiger partial charge in [-0.2, -0.15) is 0 Å². The quantitative estimate of drug-likeness (QED) is 0.502. The largest absolute Gasteiger partial charge is 0.302 e. The molecule has 150 valence electrons. The van der Waals surface area contributed by atoms with Gasteiger partial charge in [-0.3, -0.25) is 14.4 Å². The minimum absolute atomic E-state index is 0.0193. The first-order valence-electron chi connectivity index (χ1n) is 10.8. The van der Waals surface area contributed by atoms with E-state index < -0.39 is 21.7 Å². The third-order valence-electron chi connectivity index (χ3n) is 7.51. The summed E-state index contributed by atoms with van der Waals surface area (Å²) in [6.07, 6.45) is 9.37. The average molecular weight is 375 g/mol. The van der Waals surface area contributed by atoms with E-state index in [9.17, 15) is 19.2 Å². The molecule has 3 fully saturated rings. The van der Waals surface area contributed by atoms with Gasteiger partial charge in [0.2, 0.25) is 0 Å². The van der Waals surface area contributed by atoms with E-state index in [1.165, 1.54) is 0 Å². The molecule has 3 aliphatic rings. The number of carbonyl (C=O) groups is 4. The van der Waals surface area contributed by atoms with Crippen LogP contribution in [0.15, 0.2) is 0 Å². The molecular weight excluding hydrogens is 340 g/mol. The molecule has 0 aromatic heterocycles. The molecule has 4 nitrogen and oxygen atoms in total. The third kappa shape index (κ3) is 3.03. The van der Waals surface area contributed by atoms with Crippen LogP contribution in [0.1, 0.15) is 97.8 Å². The maximum absolute atomic E-state index is 13.9. The van der Waals surface area contributed by atoms with E-state index in [2.05, 4.69) is 0 Å². The van der Waals surface area contributed by atoms with Gasteiger partial charge in [0, 0.05) is 5.41 Å². The zero-order valence-electron chi connectivity index (χ0n) is 17.2. The van der Waals surface area contributed by atoms with Gasteiger partial charge in [-0.15, -0.1) is 0 Å². The molecular formula is C23H34O4. The Bertz CT molecular complexity index is 636. The van der Waals surface area contributed by atoms with Crippen molar-refractivity contribution < 1.29 is 19.2 Å². The molecule has 0 aromatic rings. The first kappa shape index (κ1) is 20.4. The third-order valence-corrected chi connectivity index (χ3v) is 7.51. The topological polar surface area (TPSA) is 68.3 Å². The van der Waals surface area contributed by atoms with Gasteiger partial charge in [0.25, 0.3) is 0 Å². The molecule has 0 N–H and O–H groups in total. The number of carbonyl (C=O) groups excluding carboxylic acids is 4. The molecule has 0 amide bonds. The molecule has 0 unspecified atom stereocenters. The summed E-state index contributed by atoms with van der Waals surface area (Å²) in [6, 6.07) is 0. The van der Waals surface area contributed by atoms with Crippen LogP contribution in [0.3, 0.4) is 0 Å². The van der Waals surface area contributed by atoms with Crippen LogP contribution in [0.2, 0.25) is 0 Å². The second kappa shape index (κ2) is 6.93. The summed E-state index contributed by atoms with van der Waals surface area (Å²) < 4.78 is 0. The van der Waals surface area contributed by atoms with E-state index in [-0.39, 0.29) is 17.3 Å². The highest BCUT2D eigenvalue weighted by Gasteiger charge is 2.64. The van der Waals surface area contributed by atoms with E-state index in [1.54, 1.807) is 0 Å². The Morgan fingerprint density at radius 3 is 1.56 bits per heavy atom. The highest BCUT2D eigenvalue weighted by atomic mass is 16.2. The van der Waals surface area contributed by atoms with E-state index in [0.717, 1.165) is 44.8 Å².